The number of nitrogens with zero attached hydrogens (tertiary/aromatic N) is 1. The summed E-state index contributed by atoms with van der Waals surface area (Å²) in [4.78, 5) is 0. The van der Waals surface area contributed by atoms with E-state index >= 15 is 0 Å². The van der Waals surface area contributed by atoms with E-state index in [2.05, 4.69) is 10.2 Å². The van der Waals surface area contributed by atoms with Crippen LogP contribution in [0.2, 0.25) is 0 Å². The highest BCUT2D eigenvalue weighted by molar-refractivity contribution is 5.83. The summed E-state index contributed by atoms with van der Waals surface area (Å²) in [5, 5.41) is 16.7. The van der Waals surface area contributed by atoms with Crippen molar-refractivity contribution in [2.24, 2.45) is 0 Å². The first-order chi connectivity index (χ1) is 8.06. The molecule has 0 bridgehead atoms. The molecule has 0 amide bonds. The number of aromatic nitrogens is 2. The molecule has 0 aliphatic rings. The van der Waals surface area contributed by atoms with Crippen molar-refractivity contribution in [3.8, 4) is 22.6 Å². The summed E-state index contributed by atoms with van der Waals surface area (Å²) >= 11 is 0. The predicted molar refractivity (Wildman–Crippen MR) is 66.1 cm³/mol. The molecule has 0 spiro atoms. The summed E-state index contributed by atoms with van der Waals surface area (Å²) in [5.41, 5.74) is 9.10. The lowest BCUT2D eigenvalue weighted by molar-refractivity contribution is 0.374. The van der Waals surface area contributed by atoms with Crippen molar-refractivity contribution in [1.29, 1.82) is 0 Å². The molecule has 2 rings (SSSR count). The van der Waals surface area contributed by atoms with Crippen LogP contribution in [0.5, 0.6) is 11.5 Å². The van der Waals surface area contributed by atoms with E-state index < -0.39 is 0 Å². The number of aromatic hydroxyl groups is 1. The molecule has 2 aromatic rings. The number of aryl methyl sites for hydroxylation is 1. The van der Waals surface area contributed by atoms with Crippen LogP contribution in [-0.2, 0) is 0 Å². The van der Waals surface area contributed by atoms with Gasteiger partial charge in [0.05, 0.1) is 13.3 Å². The van der Waals surface area contributed by atoms with Crippen molar-refractivity contribution < 1.29 is 9.84 Å². The molecule has 1 aromatic carbocycles. The maximum Gasteiger partial charge on any atom is 0.166 e. The summed E-state index contributed by atoms with van der Waals surface area (Å²) in [5.74, 6) is 0.948. The summed E-state index contributed by atoms with van der Waals surface area (Å²) in [6.45, 7) is 3.88. The second-order valence-electron chi connectivity index (χ2n) is 3.94. The van der Waals surface area contributed by atoms with Crippen LogP contribution in [0, 0.1) is 13.8 Å². The number of phenols is 1. The van der Waals surface area contributed by atoms with Crippen LogP contribution >= 0.6 is 0 Å². The van der Waals surface area contributed by atoms with E-state index in [-0.39, 0.29) is 5.75 Å². The van der Waals surface area contributed by atoms with Crippen molar-refractivity contribution >= 4 is 5.82 Å². The Morgan fingerprint density at radius 3 is 2.65 bits per heavy atom. The molecule has 5 heteroatoms. The minimum atomic E-state index is 0.0868. The van der Waals surface area contributed by atoms with Crippen LogP contribution < -0.4 is 10.5 Å². The summed E-state index contributed by atoms with van der Waals surface area (Å²) in [6.07, 6.45) is 1.59. The number of benzene rings is 1. The fourth-order valence-electron chi connectivity index (χ4n) is 1.85. The number of ether oxygens (including phenoxy) is 1. The Hall–Kier alpha value is -2.17. The number of hydrogen-bond acceptors (Lipinski definition) is 4. The fourth-order valence-corrected chi connectivity index (χ4v) is 1.85. The van der Waals surface area contributed by atoms with Gasteiger partial charge in [0.2, 0.25) is 0 Å². The quantitative estimate of drug-likeness (QED) is 0.740. The monoisotopic (exact) mass is 233 g/mol. The fraction of sp³-hybridized carbons (Fsp3) is 0.250. The molecule has 0 aliphatic heterocycles. The largest absolute Gasteiger partial charge is 0.504 e. The molecular weight excluding hydrogens is 218 g/mol. The third kappa shape index (κ3) is 1.69. The van der Waals surface area contributed by atoms with Crippen molar-refractivity contribution in [3.05, 3.63) is 23.4 Å². The number of hydrogen-bond donors (Lipinski definition) is 3. The van der Waals surface area contributed by atoms with Gasteiger partial charge in [-0.2, -0.15) is 5.10 Å². The Morgan fingerprint density at radius 1 is 1.41 bits per heavy atom. The Labute approximate surface area is 99.2 Å². The first kappa shape index (κ1) is 11.3. The van der Waals surface area contributed by atoms with Gasteiger partial charge in [-0.1, -0.05) is 0 Å². The Bertz CT molecular complexity index is 561. The molecule has 1 aromatic heterocycles. The summed E-state index contributed by atoms with van der Waals surface area (Å²) in [6, 6.07) is 1.80. The molecule has 0 unspecified atom stereocenters. The molecule has 17 heavy (non-hydrogen) atoms. The highest BCUT2D eigenvalue weighted by Crippen LogP contribution is 2.42. The Balaban J connectivity index is 2.76. The highest BCUT2D eigenvalue weighted by Gasteiger charge is 2.18. The average Bonchev–Trinajstić information content (AvgIpc) is 2.71. The van der Waals surface area contributed by atoms with E-state index in [0.717, 1.165) is 11.1 Å². The minimum absolute atomic E-state index is 0.0868. The summed E-state index contributed by atoms with van der Waals surface area (Å²) in [7, 11) is 1.52. The lowest BCUT2D eigenvalue weighted by Crippen LogP contribution is -1.95. The van der Waals surface area contributed by atoms with Gasteiger partial charge in [0.25, 0.3) is 0 Å². The van der Waals surface area contributed by atoms with Crippen LogP contribution in [0.15, 0.2) is 12.3 Å². The van der Waals surface area contributed by atoms with Crippen LogP contribution in [-0.4, -0.2) is 22.4 Å². The van der Waals surface area contributed by atoms with E-state index in [0.29, 0.717) is 22.7 Å². The molecule has 1 heterocycles. The molecule has 4 N–H and O–H groups in total. The number of methoxy groups -OCH3 is 1. The molecule has 0 saturated carbocycles. The van der Waals surface area contributed by atoms with Crippen molar-refractivity contribution in [2.75, 3.05) is 12.8 Å². The van der Waals surface area contributed by atoms with Crippen molar-refractivity contribution in [2.45, 2.75) is 13.8 Å². The molecule has 0 fully saturated rings. The Morgan fingerprint density at radius 2 is 2.12 bits per heavy atom. The molecule has 0 saturated heterocycles. The summed E-state index contributed by atoms with van der Waals surface area (Å²) < 4.78 is 5.14. The number of rotatable bonds is 2. The van der Waals surface area contributed by atoms with E-state index in [1.807, 2.05) is 13.8 Å². The minimum Gasteiger partial charge on any atom is -0.504 e. The normalized spacial score (nSPS) is 10.5. The molecule has 5 nitrogen and oxygen atoms in total. The SMILES string of the molecule is COc1cc(C)c(C)c(-c2cn[nH]c2N)c1O. The van der Waals surface area contributed by atoms with Gasteiger partial charge < -0.3 is 15.6 Å². The third-order valence-electron chi connectivity index (χ3n) is 2.94. The van der Waals surface area contributed by atoms with E-state index in [9.17, 15) is 5.11 Å². The number of H-pyrrole nitrogens is 1. The molecule has 0 radical (unpaired) electrons. The van der Waals surface area contributed by atoms with Crippen LogP contribution in [0.3, 0.4) is 0 Å². The average molecular weight is 233 g/mol. The predicted octanol–water partition coefficient (Wildman–Crippen LogP) is 1.99. The second-order valence-corrected chi connectivity index (χ2v) is 3.94. The maximum absolute atomic E-state index is 10.2. The van der Waals surface area contributed by atoms with Gasteiger partial charge in [-0.15, -0.1) is 0 Å². The third-order valence-corrected chi connectivity index (χ3v) is 2.94. The van der Waals surface area contributed by atoms with Gasteiger partial charge in [-0.05, 0) is 31.0 Å². The lowest BCUT2D eigenvalue weighted by atomic mass is 9.97. The van der Waals surface area contributed by atoms with Gasteiger partial charge in [0.15, 0.2) is 11.5 Å². The number of aromatic amines is 1. The van der Waals surface area contributed by atoms with Crippen LogP contribution in [0.4, 0.5) is 5.82 Å². The lowest BCUT2D eigenvalue weighted by Gasteiger charge is -2.14. The topological polar surface area (TPSA) is 84.2 Å². The number of nitrogens with two attached hydrogens (primary N) is 1. The van der Waals surface area contributed by atoms with Gasteiger partial charge in [0.1, 0.15) is 5.82 Å². The smallest absolute Gasteiger partial charge is 0.166 e. The van der Waals surface area contributed by atoms with Gasteiger partial charge in [0, 0.05) is 11.1 Å². The Kier molecular flexibility index (Phi) is 2.67. The van der Waals surface area contributed by atoms with Crippen LogP contribution in [0.25, 0.3) is 11.1 Å². The van der Waals surface area contributed by atoms with Gasteiger partial charge >= 0.3 is 0 Å². The van der Waals surface area contributed by atoms with Crippen LogP contribution in [0.1, 0.15) is 11.1 Å². The maximum atomic E-state index is 10.2. The highest BCUT2D eigenvalue weighted by atomic mass is 16.5. The van der Waals surface area contributed by atoms with E-state index in [4.69, 9.17) is 10.5 Å². The number of anilines is 1. The van der Waals surface area contributed by atoms with Crippen molar-refractivity contribution in [1.82, 2.24) is 10.2 Å². The zero-order chi connectivity index (χ0) is 12.6. The van der Waals surface area contributed by atoms with Gasteiger partial charge in [-0.3, -0.25) is 5.10 Å². The van der Waals surface area contributed by atoms with Crippen molar-refractivity contribution in [3.63, 3.8) is 0 Å². The first-order valence-corrected chi connectivity index (χ1v) is 5.22. The molecule has 0 aliphatic carbocycles. The number of nitrogens with one attached hydrogen (secondary N) is 1. The zero-order valence-corrected chi connectivity index (χ0v) is 10.0. The molecule has 90 valence electrons. The zero-order valence-electron chi connectivity index (χ0n) is 10.0. The van der Waals surface area contributed by atoms with E-state index in [1.165, 1.54) is 7.11 Å². The number of phenolic OH excluding ortho intramolecular Hbond substituents is 1. The molecule has 0 atom stereocenters. The first-order valence-electron chi connectivity index (χ1n) is 5.22. The van der Waals surface area contributed by atoms with E-state index in [1.54, 1.807) is 12.3 Å². The number of nitrogen functional groups attached to an aromatic ring is 1. The standard InChI is InChI=1S/C12H15N3O2/c1-6-4-9(17-3)11(16)10(7(6)2)8-5-14-15-12(8)13/h4-5,16H,1-3H3,(H3,13,14,15). The van der Waals surface area contributed by atoms with Gasteiger partial charge in [-0.25, -0.2) is 0 Å². The molecular formula is C12H15N3O2. The second kappa shape index (κ2) is 4.01.